The molecule has 1 aliphatic rings. The van der Waals surface area contributed by atoms with Gasteiger partial charge in [-0.25, -0.2) is 9.97 Å². The molecule has 2 rings (SSSR count). The summed E-state index contributed by atoms with van der Waals surface area (Å²) in [7, 11) is 0. The Morgan fingerprint density at radius 2 is 1.94 bits per heavy atom. The minimum absolute atomic E-state index is 0.458. The molecular weight excluding hydrogens is 210 g/mol. The van der Waals surface area contributed by atoms with E-state index in [9.17, 15) is 0 Å². The highest BCUT2D eigenvalue weighted by Gasteiger charge is 2.19. The highest BCUT2D eigenvalue weighted by atomic mass is 15.0. The molecule has 0 aromatic carbocycles. The van der Waals surface area contributed by atoms with Crippen LogP contribution in [0.4, 0.5) is 5.82 Å². The maximum atomic E-state index is 4.78. The number of anilines is 1. The quantitative estimate of drug-likeness (QED) is 0.867. The molecule has 1 aromatic rings. The van der Waals surface area contributed by atoms with Gasteiger partial charge in [-0.15, -0.1) is 0 Å². The molecule has 0 bridgehead atoms. The van der Waals surface area contributed by atoms with Crippen molar-refractivity contribution in [3.63, 3.8) is 0 Å². The monoisotopic (exact) mass is 233 g/mol. The molecule has 17 heavy (non-hydrogen) atoms. The van der Waals surface area contributed by atoms with Crippen LogP contribution in [0.25, 0.3) is 0 Å². The Hall–Kier alpha value is -1.12. The highest BCUT2D eigenvalue weighted by Crippen LogP contribution is 2.27. The number of aryl methyl sites for hydroxylation is 1. The zero-order valence-corrected chi connectivity index (χ0v) is 11.2. The Bertz CT molecular complexity index is 387. The van der Waals surface area contributed by atoms with Crippen molar-refractivity contribution in [2.45, 2.75) is 58.8 Å². The van der Waals surface area contributed by atoms with Crippen LogP contribution in [0.15, 0.2) is 0 Å². The lowest BCUT2D eigenvalue weighted by molar-refractivity contribution is 0.626. The molecule has 0 fully saturated rings. The highest BCUT2D eigenvalue weighted by molar-refractivity contribution is 5.48. The molecule has 0 radical (unpaired) electrons. The standard InChI is InChI=1S/C14H23N3/c1-4-10(3)13-16-12-9-7-6-8-11(12)14(17-13)15-5-2/h10H,4-9H2,1-3H3,(H,15,16,17). The molecular formula is C14H23N3. The van der Waals surface area contributed by atoms with E-state index in [1.54, 1.807) is 0 Å². The summed E-state index contributed by atoms with van der Waals surface area (Å²) in [6, 6.07) is 0. The normalized spacial score (nSPS) is 16.4. The number of nitrogens with one attached hydrogen (secondary N) is 1. The molecule has 1 atom stereocenters. The smallest absolute Gasteiger partial charge is 0.133 e. The first-order chi connectivity index (χ1) is 8.26. The van der Waals surface area contributed by atoms with Gasteiger partial charge in [0.05, 0.1) is 0 Å². The molecule has 1 heterocycles. The lowest BCUT2D eigenvalue weighted by Gasteiger charge is -2.20. The van der Waals surface area contributed by atoms with E-state index in [0.717, 1.165) is 37.4 Å². The van der Waals surface area contributed by atoms with Gasteiger partial charge in [0.2, 0.25) is 0 Å². The summed E-state index contributed by atoms with van der Waals surface area (Å²) in [5, 5.41) is 3.40. The molecule has 0 amide bonds. The fraction of sp³-hybridized carbons (Fsp3) is 0.714. The predicted octanol–water partition coefficient (Wildman–Crippen LogP) is 3.30. The van der Waals surface area contributed by atoms with E-state index in [1.807, 2.05) is 0 Å². The second-order valence-electron chi connectivity index (χ2n) is 4.90. The summed E-state index contributed by atoms with van der Waals surface area (Å²) in [6.45, 7) is 7.46. The topological polar surface area (TPSA) is 37.8 Å². The first-order valence-electron chi connectivity index (χ1n) is 6.89. The fourth-order valence-corrected chi connectivity index (χ4v) is 2.33. The van der Waals surface area contributed by atoms with E-state index in [2.05, 4.69) is 26.1 Å². The van der Waals surface area contributed by atoms with Gasteiger partial charge in [-0.2, -0.15) is 0 Å². The van der Waals surface area contributed by atoms with Gasteiger partial charge in [-0.3, -0.25) is 0 Å². The molecule has 1 unspecified atom stereocenters. The van der Waals surface area contributed by atoms with Crippen molar-refractivity contribution in [1.82, 2.24) is 9.97 Å². The molecule has 1 aromatic heterocycles. The van der Waals surface area contributed by atoms with Crippen LogP contribution in [0.1, 0.15) is 63.0 Å². The second-order valence-corrected chi connectivity index (χ2v) is 4.90. The minimum Gasteiger partial charge on any atom is -0.370 e. The van der Waals surface area contributed by atoms with Crippen molar-refractivity contribution in [3.8, 4) is 0 Å². The van der Waals surface area contributed by atoms with Gasteiger partial charge in [0.1, 0.15) is 11.6 Å². The second kappa shape index (κ2) is 5.48. The SMILES string of the molecule is CCNc1nc(C(C)CC)nc2c1CCCC2. The lowest BCUT2D eigenvalue weighted by Crippen LogP contribution is -2.15. The number of hydrogen-bond donors (Lipinski definition) is 1. The Morgan fingerprint density at radius 3 is 2.65 bits per heavy atom. The van der Waals surface area contributed by atoms with Crippen molar-refractivity contribution in [1.29, 1.82) is 0 Å². The third-order valence-corrected chi connectivity index (χ3v) is 3.60. The van der Waals surface area contributed by atoms with Crippen LogP contribution in [0, 0.1) is 0 Å². The lowest BCUT2D eigenvalue weighted by atomic mass is 9.95. The third-order valence-electron chi connectivity index (χ3n) is 3.60. The number of aromatic nitrogens is 2. The number of hydrogen-bond acceptors (Lipinski definition) is 3. The van der Waals surface area contributed by atoms with Crippen molar-refractivity contribution in [3.05, 3.63) is 17.1 Å². The summed E-state index contributed by atoms with van der Waals surface area (Å²) in [6.07, 6.45) is 5.91. The first-order valence-corrected chi connectivity index (χ1v) is 6.89. The summed E-state index contributed by atoms with van der Waals surface area (Å²) in [5.41, 5.74) is 2.66. The fourth-order valence-electron chi connectivity index (χ4n) is 2.33. The van der Waals surface area contributed by atoms with E-state index in [0.29, 0.717) is 5.92 Å². The Morgan fingerprint density at radius 1 is 1.18 bits per heavy atom. The molecule has 94 valence electrons. The molecule has 0 spiro atoms. The molecule has 1 N–H and O–H groups in total. The van der Waals surface area contributed by atoms with E-state index in [-0.39, 0.29) is 0 Å². The Labute approximate surface area is 104 Å². The average Bonchev–Trinajstić information content (AvgIpc) is 2.38. The van der Waals surface area contributed by atoms with Crippen LogP contribution in [-0.2, 0) is 12.8 Å². The first kappa shape index (κ1) is 12.3. The zero-order valence-electron chi connectivity index (χ0n) is 11.2. The number of nitrogens with zero attached hydrogens (tertiary/aromatic N) is 2. The predicted molar refractivity (Wildman–Crippen MR) is 71.5 cm³/mol. The van der Waals surface area contributed by atoms with E-state index in [4.69, 9.17) is 9.97 Å². The van der Waals surface area contributed by atoms with Gasteiger partial charge in [0.25, 0.3) is 0 Å². The van der Waals surface area contributed by atoms with Crippen molar-refractivity contribution in [2.24, 2.45) is 0 Å². The third kappa shape index (κ3) is 2.59. The molecule has 0 saturated heterocycles. The molecule has 0 aliphatic heterocycles. The van der Waals surface area contributed by atoms with Gasteiger partial charge in [-0.1, -0.05) is 13.8 Å². The van der Waals surface area contributed by atoms with Crippen LogP contribution in [0.2, 0.25) is 0 Å². The molecule has 3 nitrogen and oxygen atoms in total. The van der Waals surface area contributed by atoms with E-state index < -0.39 is 0 Å². The van der Waals surface area contributed by atoms with Crippen LogP contribution in [0.3, 0.4) is 0 Å². The van der Waals surface area contributed by atoms with Crippen molar-refractivity contribution >= 4 is 5.82 Å². The van der Waals surface area contributed by atoms with Crippen LogP contribution >= 0.6 is 0 Å². The Balaban J connectivity index is 2.40. The van der Waals surface area contributed by atoms with Gasteiger partial charge in [0, 0.05) is 23.7 Å². The zero-order chi connectivity index (χ0) is 12.3. The van der Waals surface area contributed by atoms with Gasteiger partial charge in [-0.05, 0) is 39.0 Å². The average molecular weight is 233 g/mol. The van der Waals surface area contributed by atoms with Gasteiger partial charge < -0.3 is 5.32 Å². The number of rotatable bonds is 4. The molecule has 0 saturated carbocycles. The van der Waals surface area contributed by atoms with Gasteiger partial charge in [0.15, 0.2) is 0 Å². The van der Waals surface area contributed by atoms with E-state index in [1.165, 1.54) is 24.1 Å². The minimum atomic E-state index is 0.458. The summed E-state index contributed by atoms with van der Waals surface area (Å²) >= 11 is 0. The van der Waals surface area contributed by atoms with Crippen LogP contribution in [-0.4, -0.2) is 16.5 Å². The maximum Gasteiger partial charge on any atom is 0.133 e. The van der Waals surface area contributed by atoms with Crippen LogP contribution in [0.5, 0.6) is 0 Å². The molecule has 1 aliphatic carbocycles. The summed E-state index contributed by atoms with van der Waals surface area (Å²) in [4.78, 5) is 9.50. The summed E-state index contributed by atoms with van der Waals surface area (Å²) in [5.74, 6) is 2.57. The summed E-state index contributed by atoms with van der Waals surface area (Å²) < 4.78 is 0. The maximum absolute atomic E-state index is 4.78. The van der Waals surface area contributed by atoms with Gasteiger partial charge >= 0.3 is 0 Å². The number of fused-ring (bicyclic) bond motifs is 1. The largest absolute Gasteiger partial charge is 0.370 e. The van der Waals surface area contributed by atoms with E-state index >= 15 is 0 Å². The van der Waals surface area contributed by atoms with Crippen LogP contribution < -0.4 is 5.32 Å². The van der Waals surface area contributed by atoms with Crippen molar-refractivity contribution in [2.75, 3.05) is 11.9 Å². The molecule has 3 heteroatoms. The van der Waals surface area contributed by atoms with Crippen molar-refractivity contribution < 1.29 is 0 Å². The Kier molecular flexibility index (Phi) is 3.97.